The van der Waals surface area contributed by atoms with Crippen molar-refractivity contribution in [1.82, 2.24) is 0 Å². The highest BCUT2D eigenvalue weighted by Gasteiger charge is 2.23. The molecule has 0 saturated heterocycles. The van der Waals surface area contributed by atoms with Crippen LogP contribution in [-0.4, -0.2) is 27.2 Å². The first-order valence-corrected chi connectivity index (χ1v) is 9.65. The average Bonchev–Trinajstić information content (AvgIpc) is 2.93. The minimum atomic E-state index is -3.46. The fraction of sp³-hybridized carbons (Fsp3) is 0.167. The Hall–Kier alpha value is -2.87. The number of esters is 1. The summed E-state index contributed by atoms with van der Waals surface area (Å²) in [5, 5.41) is 0.474. The number of benzene rings is 2. The molecule has 0 bridgehead atoms. The molecule has 0 atom stereocenters. The van der Waals surface area contributed by atoms with E-state index in [1.165, 1.54) is 36.4 Å². The quantitative estimate of drug-likeness (QED) is 0.684. The topological polar surface area (TPSA) is 85.6 Å². The molecular formula is C18H16FNO5S. The van der Waals surface area contributed by atoms with Crippen molar-refractivity contribution < 1.29 is 26.8 Å². The molecule has 1 heterocycles. The first kappa shape index (κ1) is 17.9. The Balaban J connectivity index is 2.19. The molecule has 0 spiro atoms. The van der Waals surface area contributed by atoms with Crippen LogP contribution in [0.1, 0.15) is 17.3 Å². The number of hydrogen-bond donors (Lipinski definition) is 1. The number of sulfonamides is 1. The Morgan fingerprint density at radius 1 is 1.19 bits per heavy atom. The predicted octanol–water partition coefficient (Wildman–Crippen LogP) is 3.79. The molecule has 1 aromatic heterocycles. The van der Waals surface area contributed by atoms with Crippen LogP contribution in [0.2, 0.25) is 0 Å². The number of ether oxygens (including phenoxy) is 1. The van der Waals surface area contributed by atoms with Crippen LogP contribution in [0.4, 0.5) is 10.1 Å². The predicted molar refractivity (Wildman–Crippen MR) is 96.0 cm³/mol. The van der Waals surface area contributed by atoms with Crippen molar-refractivity contribution in [2.75, 3.05) is 17.6 Å². The van der Waals surface area contributed by atoms with Crippen LogP contribution >= 0.6 is 0 Å². The molecule has 0 aliphatic heterocycles. The zero-order chi connectivity index (χ0) is 18.9. The van der Waals surface area contributed by atoms with Crippen LogP contribution in [0.3, 0.4) is 0 Å². The van der Waals surface area contributed by atoms with E-state index in [9.17, 15) is 17.6 Å². The standard InChI is InChI=1S/C18H16FNO5S/c1-3-24-18(21)16-14-9-8-13(20-26(2,22)23)10-15(14)25-17(16)11-4-6-12(19)7-5-11/h4-10,20H,3H2,1-2H3. The van der Waals surface area contributed by atoms with Gasteiger partial charge in [0.25, 0.3) is 0 Å². The largest absolute Gasteiger partial charge is 0.462 e. The van der Waals surface area contributed by atoms with Gasteiger partial charge in [0, 0.05) is 17.0 Å². The molecule has 1 N–H and O–H groups in total. The summed E-state index contributed by atoms with van der Waals surface area (Å²) in [6.45, 7) is 1.87. The van der Waals surface area contributed by atoms with E-state index < -0.39 is 21.8 Å². The second-order valence-corrected chi connectivity index (χ2v) is 7.37. The van der Waals surface area contributed by atoms with Crippen molar-refractivity contribution in [3.05, 3.63) is 53.8 Å². The maximum atomic E-state index is 13.2. The third-order valence-corrected chi connectivity index (χ3v) is 4.19. The van der Waals surface area contributed by atoms with E-state index in [1.54, 1.807) is 13.0 Å². The molecule has 0 unspecified atom stereocenters. The minimum Gasteiger partial charge on any atom is -0.462 e. The summed E-state index contributed by atoms with van der Waals surface area (Å²) in [6, 6.07) is 10.1. The molecule has 0 aliphatic carbocycles. The van der Waals surface area contributed by atoms with Crippen LogP contribution in [0.25, 0.3) is 22.3 Å². The van der Waals surface area contributed by atoms with E-state index in [4.69, 9.17) is 9.15 Å². The molecule has 2 aromatic carbocycles. The van der Waals surface area contributed by atoms with E-state index >= 15 is 0 Å². The van der Waals surface area contributed by atoms with Gasteiger partial charge in [-0.25, -0.2) is 17.6 Å². The van der Waals surface area contributed by atoms with Crippen molar-refractivity contribution >= 4 is 32.6 Å². The summed E-state index contributed by atoms with van der Waals surface area (Å²) in [7, 11) is -3.46. The molecule has 136 valence electrons. The molecule has 26 heavy (non-hydrogen) atoms. The Morgan fingerprint density at radius 3 is 2.50 bits per heavy atom. The van der Waals surface area contributed by atoms with Gasteiger partial charge < -0.3 is 9.15 Å². The monoisotopic (exact) mass is 377 g/mol. The zero-order valence-corrected chi connectivity index (χ0v) is 14.9. The highest BCUT2D eigenvalue weighted by atomic mass is 32.2. The molecule has 0 saturated carbocycles. The lowest BCUT2D eigenvalue weighted by Gasteiger charge is -2.04. The molecule has 3 rings (SSSR count). The van der Waals surface area contributed by atoms with E-state index in [1.807, 2.05) is 0 Å². The van der Waals surface area contributed by atoms with Gasteiger partial charge in [0.2, 0.25) is 10.0 Å². The summed E-state index contributed by atoms with van der Waals surface area (Å²) in [5.74, 6) is -0.758. The van der Waals surface area contributed by atoms with E-state index in [-0.39, 0.29) is 17.9 Å². The highest BCUT2D eigenvalue weighted by Crippen LogP contribution is 2.35. The number of anilines is 1. The number of nitrogens with one attached hydrogen (secondary N) is 1. The molecule has 0 fully saturated rings. The maximum absolute atomic E-state index is 13.2. The van der Waals surface area contributed by atoms with Gasteiger partial charge in [0.15, 0.2) is 0 Å². The molecule has 8 heteroatoms. The lowest BCUT2D eigenvalue weighted by atomic mass is 10.1. The molecule has 0 aliphatic rings. The lowest BCUT2D eigenvalue weighted by Crippen LogP contribution is -2.09. The number of carbonyl (C=O) groups excluding carboxylic acids is 1. The van der Waals surface area contributed by atoms with Crippen molar-refractivity contribution in [1.29, 1.82) is 0 Å². The minimum absolute atomic E-state index is 0.183. The second kappa shape index (κ2) is 6.80. The number of hydrogen-bond acceptors (Lipinski definition) is 5. The Labute approximate surface area is 149 Å². The number of furan rings is 1. The molecular weight excluding hydrogens is 361 g/mol. The van der Waals surface area contributed by atoms with E-state index in [0.29, 0.717) is 22.2 Å². The maximum Gasteiger partial charge on any atom is 0.342 e. The molecule has 3 aromatic rings. The van der Waals surface area contributed by atoms with E-state index in [0.717, 1.165) is 6.26 Å². The van der Waals surface area contributed by atoms with Crippen LogP contribution in [-0.2, 0) is 14.8 Å². The van der Waals surface area contributed by atoms with Gasteiger partial charge in [0.05, 0.1) is 18.6 Å². The van der Waals surface area contributed by atoms with Crippen LogP contribution in [0.15, 0.2) is 46.9 Å². The van der Waals surface area contributed by atoms with Crippen LogP contribution < -0.4 is 4.72 Å². The van der Waals surface area contributed by atoms with Crippen LogP contribution in [0, 0.1) is 5.82 Å². The average molecular weight is 377 g/mol. The molecule has 0 amide bonds. The number of rotatable bonds is 5. The van der Waals surface area contributed by atoms with Gasteiger partial charge in [0.1, 0.15) is 22.7 Å². The van der Waals surface area contributed by atoms with Gasteiger partial charge in [-0.15, -0.1) is 0 Å². The van der Waals surface area contributed by atoms with Gasteiger partial charge >= 0.3 is 5.97 Å². The first-order valence-electron chi connectivity index (χ1n) is 7.76. The summed E-state index contributed by atoms with van der Waals surface area (Å²) >= 11 is 0. The number of carbonyl (C=O) groups is 1. The van der Waals surface area contributed by atoms with Crippen molar-refractivity contribution in [2.24, 2.45) is 0 Å². The second-order valence-electron chi connectivity index (χ2n) is 5.62. The SMILES string of the molecule is CCOC(=O)c1c(-c2ccc(F)cc2)oc2cc(NS(C)(=O)=O)ccc12. The van der Waals surface area contributed by atoms with Crippen molar-refractivity contribution in [3.63, 3.8) is 0 Å². The molecule has 0 radical (unpaired) electrons. The fourth-order valence-corrected chi connectivity index (χ4v) is 3.14. The fourth-order valence-electron chi connectivity index (χ4n) is 2.58. The van der Waals surface area contributed by atoms with Gasteiger partial charge in [-0.2, -0.15) is 0 Å². The lowest BCUT2D eigenvalue weighted by molar-refractivity contribution is 0.0528. The van der Waals surface area contributed by atoms with Crippen molar-refractivity contribution in [2.45, 2.75) is 6.92 Å². The van der Waals surface area contributed by atoms with Crippen molar-refractivity contribution in [3.8, 4) is 11.3 Å². The summed E-state index contributed by atoms with van der Waals surface area (Å²) in [5.41, 5.74) is 1.32. The smallest absolute Gasteiger partial charge is 0.342 e. The highest BCUT2D eigenvalue weighted by molar-refractivity contribution is 7.92. The Bertz CT molecular complexity index is 1070. The van der Waals surface area contributed by atoms with Gasteiger partial charge in [-0.3, -0.25) is 4.72 Å². The zero-order valence-electron chi connectivity index (χ0n) is 14.1. The molecule has 6 nitrogen and oxygen atoms in total. The Morgan fingerprint density at radius 2 is 1.88 bits per heavy atom. The first-order chi connectivity index (χ1) is 12.3. The normalized spacial score (nSPS) is 11.5. The third-order valence-electron chi connectivity index (χ3n) is 3.58. The summed E-state index contributed by atoms with van der Waals surface area (Å²) in [6.07, 6.45) is 1.04. The number of halogens is 1. The van der Waals surface area contributed by atoms with Crippen LogP contribution in [0.5, 0.6) is 0 Å². The Kier molecular flexibility index (Phi) is 4.69. The van der Waals surface area contributed by atoms with E-state index in [2.05, 4.69) is 4.72 Å². The van der Waals surface area contributed by atoms with Gasteiger partial charge in [-0.05, 0) is 43.3 Å². The number of fused-ring (bicyclic) bond motifs is 1. The summed E-state index contributed by atoms with van der Waals surface area (Å²) < 4.78 is 49.3. The third kappa shape index (κ3) is 3.70. The summed E-state index contributed by atoms with van der Waals surface area (Å²) in [4.78, 5) is 12.4. The van der Waals surface area contributed by atoms with Gasteiger partial charge in [-0.1, -0.05) is 0 Å².